The van der Waals surface area contributed by atoms with Crippen molar-refractivity contribution in [2.75, 3.05) is 23.7 Å². The van der Waals surface area contributed by atoms with Crippen LogP contribution in [0.4, 0.5) is 5.69 Å². The van der Waals surface area contributed by atoms with Gasteiger partial charge in [-0.1, -0.05) is 28.1 Å². The molecule has 11 heteroatoms. The van der Waals surface area contributed by atoms with Gasteiger partial charge >= 0.3 is 0 Å². The zero-order valence-corrected chi connectivity index (χ0v) is 28.0. The largest absolute Gasteiger partial charge is 0.494 e. The monoisotopic (exact) mass is 675 g/mol. The van der Waals surface area contributed by atoms with E-state index >= 15 is 0 Å². The summed E-state index contributed by atoms with van der Waals surface area (Å²) in [6, 6.07) is 19.6. The minimum absolute atomic E-state index is 0.0555. The van der Waals surface area contributed by atoms with Gasteiger partial charge < -0.3 is 15.0 Å². The lowest BCUT2D eigenvalue weighted by Crippen LogP contribution is -2.54. The second-order valence-electron chi connectivity index (χ2n) is 10.7. The number of hydrogen-bond acceptors (Lipinski definition) is 6. The molecular weight excluding hydrogens is 638 g/mol. The molecule has 1 atom stereocenters. The van der Waals surface area contributed by atoms with Crippen molar-refractivity contribution in [1.29, 1.82) is 0 Å². The molecule has 1 N–H and O–H groups in total. The highest BCUT2D eigenvalue weighted by Crippen LogP contribution is 2.28. The Bertz CT molecular complexity index is 1460. The van der Waals surface area contributed by atoms with Crippen molar-refractivity contribution in [3.8, 4) is 5.75 Å². The summed E-state index contributed by atoms with van der Waals surface area (Å²) in [5.74, 6) is -0.276. The Kier molecular flexibility index (Phi) is 11.5. The van der Waals surface area contributed by atoms with Crippen LogP contribution in [0.25, 0.3) is 0 Å². The number of rotatable bonds is 12. The quantitative estimate of drug-likeness (QED) is 0.233. The van der Waals surface area contributed by atoms with E-state index in [0.717, 1.165) is 19.2 Å². The summed E-state index contributed by atoms with van der Waals surface area (Å²) in [7, 11) is -4.16. The number of ether oxygens (including phenoxy) is 1. The number of carbonyl (C=O) groups is 2. The van der Waals surface area contributed by atoms with E-state index in [-0.39, 0.29) is 17.3 Å². The number of carbonyl (C=O) groups excluding carboxylic acids is 2. The lowest BCUT2D eigenvalue weighted by molar-refractivity contribution is -0.140. The summed E-state index contributed by atoms with van der Waals surface area (Å²) in [6.07, 6.45) is 1.91. The third-order valence-corrected chi connectivity index (χ3v) is 9.35. The van der Waals surface area contributed by atoms with E-state index in [0.29, 0.717) is 18.0 Å². The van der Waals surface area contributed by atoms with Crippen molar-refractivity contribution in [2.24, 2.45) is 0 Å². The van der Waals surface area contributed by atoms with Crippen LogP contribution in [-0.2, 0) is 26.2 Å². The van der Waals surface area contributed by atoms with Crippen LogP contribution in [0.2, 0.25) is 0 Å². The molecule has 0 aromatic heterocycles. The summed E-state index contributed by atoms with van der Waals surface area (Å²) in [6.45, 7) is 9.16. The van der Waals surface area contributed by atoms with Gasteiger partial charge in [0.05, 0.1) is 17.2 Å². The molecule has 0 saturated carbocycles. The van der Waals surface area contributed by atoms with Gasteiger partial charge in [0.2, 0.25) is 11.8 Å². The highest BCUT2D eigenvalue weighted by molar-refractivity contribution is 9.10. The summed E-state index contributed by atoms with van der Waals surface area (Å²) in [5.41, 5.74) is 0.583. The zero-order chi connectivity index (χ0) is 31.1. The first-order valence-corrected chi connectivity index (χ1v) is 17.0. The van der Waals surface area contributed by atoms with Crippen LogP contribution in [0.1, 0.15) is 40.2 Å². The summed E-state index contributed by atoms with van der Waals surface area (Å²) >= 11 is 4.92. The fourth-order valence-electron chi connectivity index (χ4n) is 4.12. The Morgan fingerprint density at radius 3 is 2.10 bits per heavy atom. The van der Waals surface area contributed by atoms with Gasteiger partial charge in [-0.3, -0.25) is 13.9 Å². The fourth-order valence-corrected chi connectivity index (χ4v) is 6.21. The number of nitrogens with zero attached hydrogens (tertiary/aromatic N) is 2. The first-order chi connectivity index (χ1) is 19.7. The second kappa shape index (κ2) is 14.4. The van der Waals surface area contributed by atoms with E-state index in [9.17, 15) is 18.0 Å². The Balaban J connectivity index is 2.04. The highest BCUT2D eigenvalue weighted by atomic mass is 79.9. The van der Waals surface area contributed by atoms with Crippen molar-refractivity contribution >= 4 is 55.2 Å². The molecule has 0 unspecified atom stereocenters. The first kappa shape index (κ1) is 33.5. The van der Waals surface area contributed by atoms with Crippen LogP contribution in [0, 0.1) is 0 Å². The number of benzene rings is 3. The summed E-state index contributed by atoms with van der Waals surface area (Å²) in [4.78, 5) is 29.7. The van der Waals surface area contributed by atoms with Crippen LogP contribution < -0.4 is 14.4 Å². The molecule has 0 fully saturated rings. The van der Waals surface area contributed by atoms with Gasteiger partial charge in [0.15, 0.2) is 0 Å². The third-order valence-electron chi connectivity index (χ3n) is 6.29. The van der Waals surface area contributed by atoms with Gasteiger partial charge in [0, 0.05) is 21.5 Å². The number of anilines is 1. The van der Waals surface area contributed by atoms with Gasteiger partial charge in [-0.25, -0.2) is 8.42 Å². The molecule has 0 aliphatic rings. The van der Waals surface area contributed by atoms with E-state index in [1.165, 1.54) is 28.8 Å². The molecule has 0 aliphatic carbocycles. The zero-order valence-electron chi connectivity index (χ0n) is 24.8. The van der Waals surface area contributed by atoms with Gasteiger partial charge in [0.1, 0.15) is 18.3 Å². The minimum Gasteiger partial charge on any atom is -0.494 e. The van der Waals surface area contributed by atoms with Gasteiger partial charge in [-0.15, -0.1) is 11.8 Å². The molecule has 3 rings (SSSR count). The first-order valence-electron chi connectivity index (χ1n) is 13.5. The topological polar surface area (TPSA) is 96.0 Å². The molecule has 0 radical (unpaired) electrons. The number of sulfonamides is 1. The van der Waals surface area contributed by atoms with E-state index in [4.69, 9.17) is 4.74 Å². The number of halogens is 1. The molecule has 0 saturated heterocycles. The highest BCUT2D eigenvalue weighted by Gasteiger charge is 2.33. The third kappa shape index (κ3) is 8.99. The van der Waals surface area contributed by atoms with Crippen molar-refractivity contribution in [2.45, 2.75) is 62.5 Å². The standard InChI is InChI=1S/C31H38BrN3O5S2/c1-7-40-26-14-12-25(13-15-26)35(42(38,39)28-18-16-27(41-6)17-19-28)21-29(36)34(20-23-8-10-24(32)11-9-23)22(2)30(37)33-31(3,4)5/h8-19,22H,7,20-21H2,1-6H3,(H,33,37)/t22-/m1/s1. The Morgan fingerprint density at radius 1 is 0.976 bits per heavy atom. The predicted molar refractivity (Wildman–Crippen MR) is 172 cm³/mol. The van der Waals surface area contributed by atoms with E-state index < -0.39 is 34.1 Å². The molecule has 226 valence electrons. The SMILES string of the molecule is CCOc1ccc(N(CC(=O)N(Cc2ccc(Br)cc2)[C@H](C)C(=O)NC(C)(C)C)S(=O)(=O)c2ccc(SC)cc2)cc1. The second-order valence-corrected chi connectivity index (χ2v) is 14.3. The van der Waals surface area contributed by atoms with Crippen LogP contribution >= 0.6 is 27.7 Å². The van der Waals surface area contributed by atoms with E-state index in [2.05, 4.69) is 21.2 Å². The Labute approximate surface area is 262 Å². The lowest BCUT2D eigenvalue weighted by Gasteiger charge is -2.33. The molecule has 0 aliphatic heterocycles. The van der Waals surface area contributed by atoms with E-state index in [1.54, 1.807) is 43.3 Å². The minimum atomic E-state index is -4.16. The summed E-state index contributed by atoms with van der Waals surface area (Å²) in [5, 5.41) is 2.93. The van der Waals surface area contributed by atoms with Gasteiger partial charge in [-0.05, 0) is 107 Å². The molecule has 42 heavy (non-hydrogen) atoms. The molecule has 0 spiro atoms. The van der Waals surface area contributed by atoms with Crippen LogP contribution in [-0.4, -0.2) is 56.1 Å². The molecule has 2 amide bonds. The Hall–Kier alpha value is -3.02. The average molecular weight is 677 g/mol. The van der Waals surface area contributed by atoms with Gasteiger partial charge in [0.25, 0.3) is 10.0 Å². The fraction of sp³-hybridized carbons (Fsp3) is 0.355. The molecular formula is C31H38BrN3O5S2. The molecule has 8 nitrogen and oxygen atoms in total. The van der Waals surface area contributed by atoms with Crippen LogP contribution in [0.15, 0.2) is 87.1 Å². The van der Waals surface area contributed by atoms with Crippen molar-refractivity contribution < 1.29 is 22.7 Å². The summed E-state index contributed by atoms with van der Waals surface area (Å²) < 4.78 is 35.5. The number of amides is 2. The van der Waals surface area contributed by atoms with Crippen LogP contribution in [0.3, 0.4) is 0 Å². The Morgan fingerprint density at radius 2 is 1.57 bits per heavy atom. The molecule has 0 bridgehead atoms. The number of hydrogen-bond donors (Lipinski definition) is 1. The average Bonchev–Trinajstić information content (AvgIpc) is 2.95. The van der Waals surface area contributed by atoms with Crippen molar-refractivity contribution in [3.05, 3.63) is 82.8 Å². The number of nitrogens with one attached hydrogen (secondary N) is 1. The molecule has 3 aromatic carbocycles. The maximum absolute atomic E-state index is 14.1. The lowest BCUT2D eigenvalue weighted by atomic mass is 10.1. The number of thioether (sulfide) groups is 1. The van der Waals surface area contributed by atoms with E-state index in [1.807, 2.05) is 58.2 Å². The van der Waals surface area contributed by atoms with Crippen molar-refractivity contribution in [1.82, 2.24) is 10.2 Å². The molecule has 0 heterocycles. The maximum atomic E-state index is 14.1. The predicted octanol–water partition coefficient (Wildman–Crippen LogP) is 6.10. The van der Waals surface area contributed by atoms with Gasteiger partial charge in [-0.2, -0.15) is 0 Å². The molecule has 3 aromatic rings. The smallest absolute Gasteiger partial charge is 0.264 e. The van der Waals surface area contributed by atoms with Crippen LogP contribution in [0.5, 0.6) is 5.75 Å². The normalized spacial score (nSPS) is 12.4. The van der Waals surface area contributed by atoms with Crippen molar-refractivity contribution in [3.63, 3.8) is 0 Å². The maximum Gasteiger partial charge on any atom is 0.264 e.